The second-order valence-corrected chi connectivity index (χ2v) is 5.61. The molecule has 0 aliphatic carbocycles. The molecule has 2 rings (SSSR count). The van der Waals surface area contributed by atoms with Crippen LogP contribution in [-0.4, -0.2) is 26.2 Å². The monoisotopic (exact) mass is 353 g/mol. The van der Waals surface area contributed by atoms with Crippen molar-refractivity contribution >= 4 is 27.3 Å². The van der Waals surface area contributed by atoms with Crippen molar-refractivity contribution in [1.82, 2.24) is 4.98 Å². The standard InChI is InChI=1S/C15H17BrFN3O/c1-20(2)13-6-7-18-15(21-3)14(13)19-9-10-8-11(16)4-5-12(10)17/h4-8,19H,9H2,1-3H3. The molecule has 112 valence electrons. The van der Waals surface area contributed by atoms with Crippen LogP contribution in [0, 0.1) is 5.82 Å². The van der Waals surface area contributed by atoms with Crippen LogP contribution in [0.5, 0.6) is 5.88 Å². The Morgan fingerprint density at radius 3 is 2.76 bits per heavy atom. The fraction of sp³-hybridized carbons (Fsp3) is 0.267. The number of nitrogens with zero attached hydrogens (tertiary/aromatic N) is 2. The van der Waals surface area contributed by atoms with E-state index in [2.05, 4.69) is 26.2 Å². The Balaban J connectivity index is 2.29. The Hall–Kier alpha value is -1.82. The summed E-state index contributed by atoms with van der Waals surface area (Å²) in [7, 11) is 5.42. The van der Waals surface area contributed by atoms with E-state index in [9.17, 15) is 4.39 Å². The van der Waals surface area contributed by atoms with Gasteiger partial charge in [-0.1, -0.05) is 15.9 Å². The van der Waals surface area contributed by atoms with Crippen LogP contribution in [-0.2, 0) is 6.54 Å². The smallest absolute Gasteiger partial charge is 0.239 e. The molecule has 6 heteroatoms. The first-order valence-corrected chi connectivity index (χ1v) is 7.20. The van der Waals surface area contributed by atoms with Gasteiger partial charge < -0.3 is 15.0 Å². The number of pyridine rings is 1. The highest BCUT2D eigenvalue weighted by atomic mass is 79.9. The molecule has 0 bridgehead atoms. The Bertz CT molecular complexity index is 634. The van der Waals surface area contributed by atoms with Crippen molar-refractivity contribution in [2.24, 2.45) is 0 Å². The van der Waals surface area contributed by atoms with Crippen LogP contribution >= 0.6 is 15.9 Å². The molecule has 0 unspecified atom stereocenters. The van der Waals surface area contributed by atoms with Crippen molar-refractivity contribution in [1.29, 1.82) is 0 Å². The van der Waals surface area contributed by atoms with Gasteiger partial charge in [0.05, 0.1) is 12.8 Å². The quantitative estimate of drug-likeness (QED) is 0.889. The highest BCUT2D eigenvalue weighted by Crippen LogP contribution is 2.32. The van der Waals surface area contributed by atoms with E-state index < -0.39 is 0 Å². The van der Waals surface area contributed by atoms with Crippen LogP contribution in [0.15, 0.2) is 34.9 Å². The van der Waals surface area contributed by atoms with Crippen LogP contribution in [0.1, 0.15) is 5.56 Å². The van der Waals surface area contributed by atoms with Gasteiger partial charge >= 0.3 is 0 Å². The van der Waals surface area contributed by atoms with Crippen molar-refractivity contribution < 1.29 is 9.13 Å². The first-order valence-electron chi connectivity index (χ1n) is 6.41. The predicted molar refractivity (Wildman–Crippen MR) is 86.5 cm³/mol. The lowest BCUT2D eigenvalue weighted by Crippen LogP contribution is -2.14. The number of anilines is 2. The van der Waals surface area contributed by atoms with E-state index in [0.29, 0.717) is 18.0 Å². The van der Waals surface area contributed by atoms with Gasteiger partial charge in [-0.2, -0.15) is 0 Å². The molecule has 0 fully saturated rings. The Kier molecular flexibility index (Phi) is 5.01. The van der Waals surface area contributed by atoms with Crippen LogP contribution in [0.3, 0.4) is 0 Å². The summed E-state index contributed by atoms with van der Waals surface area (Å²) in [6, 6.07) is 6.74. The van der Waals surface area contributed by atoms with Crippen molar-refractivity contribution in [2.45, 2.75) is 6.54 Å². The number of rotatable bonds is 5. The van der Waals surface area contributed by atoms with Gasteiger partial charge in [0, 0.05) is 36.9 Å². The molecule has 0 aliphatic heterocycles. The first-order chi connectivity index (χ1) is 10.0. The Labute approximate surface area is 132 Å². The number of methoxy groups -OCH3 is 1. The number of nitrogens with one attached hydrogen (secondary N) is 1. The van der Waals surface area contributed by atoms with Crippen LogP contribution in [0.4, 0.5) is 15.8 Å². The predicted octanol–water partition coefficient (Wildman–Crippen LogP) is 3.67. The van der Waals surface area contributed by atoms with Gasteiger partial charge in [0.2, 0.25) is 5.88 Å². The van der Waals surface area contributed by atoms with Gasteiger partial charge in [0.1, 0.15) is 11.5 Å². The maximum absolute atomic E-state index is 13.8. The van der Waals surface area contributed by atoms with Crippen LogP contribution in [0.25, 0.3) is 0 Å². The lowest BCUT2D eigenvalue weighted by Gasteiger charge is -2.20. The summed E-state index contributed by atoms with van der Waals surface area (Å²) in [4.78, 5) is 6.13. The molecule has 0 radical (unpaired) electrons. The van der Waals surface area contributed by atoms with Gasteiger partial charge in [-0.25, -0.2) is 9.37 Å². The molecule has 0 aliphatic rings. The zero-order valence-electron chi connectivity index (χ0n) is 12.2. The van der Waals surface area contributed by atoms with Crippen LogP contribution < -0.4 is 15.0 Å². The number of halogens is 2. The van der Waals surface area contributed by atoms with Gasteiger partial charge in [-0.15, -0.1) is 0 Å². The minimum absolute atomic E-state index is 0.250. The van der Waals surface area contributed by atoms with Crippen molar-refractivity contribution in [3.8, 4) is 5.88 Å². The molecule has 1 heterocycles. The minimum atomic E-state index is -0.250. The third-order valence-electron chi connectivity index (χ3n) is 3.03. The molecule has 0 saturated heterocycles. The van der Waals surface area contributed by atoms with Gasteiger partial charge in [-0.3, -0.25) is 0 Å². The zero-order valence-corrected chi connectivity index (χ0v) is 13.7. The number of ether oxygens (including phenoxy) is 1. The summed E-state index contributed by atoms with van der Waals surface area (Å²) in [5, 5.41) is 3.21. The average Bonchev–Trinajstić information content (AvgIpc) is 2.47. The summed E-state index contributed by atoms with van der Waals surface area (Å²) in [6.45, 7) is 0.341. The molecule has 4 nitrogen and oxygen atoms in total. The largest absolute Gasteiger partial charge is 0.479 e. The van der Waals surface area contributed by atoms with Crippen LogP contribution in [0.2, 0.25) is 0 Å². The Morgan fingerprint density at radius 2 is 2.10 bits per heavy atom. The third kappa shape index (κ3) is 3.64. The molecule has 0 saturated carbocycles. The second kappa shape index (κ2) is 6.76. The molecular formula is C15H17BrFN3O. The van der Waals surface area contributed by atoms with E-state index in [1.54, 1.807) is 25.4 Å². The van der Waals surface area contributed by atoms with E-state index in [0.717, 1.165) is 15.8 Å². The normalized spacial score (nSPS) is 10.3. The topological polar surface area (TPSA) is 37.4 Å². The third-order valence-corrected chi connectivity index (χ3v) is 3.53. The molecule has 1 aromatic heterocycles. The highest BCUT2D eigenvalue weighted by Gasteiger charge is 2.13. The molecule has 2 aromatic rings. The summed E-state index contributed by atoms with van der Waals surface area (Å²) in [6.07, 6.45) is 1.68. The van der Waals surface area contributed by atoms with Crippen molar-refractivity contribution in [3.05, 3.63) is 46.3 Å². The van der Waals surface area contributed by atoms with Crippen molar-refractivity contribution in [2.75, 3.05) is 31.4 Å². The van der Waals surface area contributed by atoms with Gasteiger partial charge in [0.25, 0.3) is 0 Å². The average molecular weight is 354 g/mol. The number of hydrogen-bond acceptors (Lipinski definition) is 4. The molecule has 0 spiro atoms. The fourth-order valence-corrected chi connectivity index (χ4v) is 2.40. The molecule has 0 atom stereocenters. The maximum Gasteiger partial charge on any atom is 0.239 e. The van der Waals surface area contributed by atoms with E-state index in [4.69, 9.17) is 4.74 Å². The Morgan fingerprint density at radius 1 is 1.33 bits per heavy atom. The van der Waals surface area contributed by atoms with E-state index in [-0.39, 0.29) is 5.82 Å². The number of benzene rings is 1. The van der Waals surface area contributed by atoms with E-state index >= 15 is 0 Å². The van der Waals surface area contributed by atoms with E-state index in [1.807, 2.05) is 25.1 Å². The minimum Gasteiger partial charge on any atom is -0.479 e. The highest BCUT2D eigenvalue weighted by molar-refractivity contribution is 9.10. The number of aromatic nitrogens is 1. The molecular weight excluding hydrogens is 337 g/mol. The summed E-state index contributed by atoms with van der Waals surface area (Å²) >= 11 is 3.35. The maximum atomic E-state index is 13.8. The van der Waals surface area contributed by atoms with Crippen molar-refractivity contribution in [3.63, 3.8) is 0 Å². The van der Waals surface area contributed by atoms with E-state index in [1.165, 1.54) is 6.07 Å². The lowest BCUT2D eigenvalue weighted by molar-refractivity contribution is 0.399. The zero-order chi connectivity index (χ0) is 15.4. The molecule has 21 heavy (non-hydrogen) atoms. The summed E-state index contributed by atoms with van der Waals surface area (Å²) in [5.74, 6) is 0.233. The summed E-state index contributed by atoms with van der Waals surface area (Å²) in [5.41, 5.74) is 2.24. The number of hydrogen-bond donors (Lipinski definition) is 1. The first kappa shape index (κ1) is 15.6. The molecule has 0 amide bonds. The second-order valence-electron chi connectivity index (χ2n) is 4.70. The lowest BCUT2D eigenvalue weighted by atomic mass is 10.2. The molecule has 1 N–H and O–H groups in total. The van der Waals surface area contributed by atoms with Gasteiger partial charge in [0.15, 0.2) is 0 Å². The molecule has 1 aromatic carbocycles. The SMILES string of the molecule is COc1nccc(N(C)C)c1NCc1cc(Br)ccc1F. The summed E-state index contributed by atoms with van der Waals surface area (Å²) < 4.78 is 19.9. The van der Waals surface area contributed by atoms with Gasteiger partial charge in [-0.05, 0) is 24.3 Å². The fourth-order valence-electron chi connectivity index (χ4n) is 1.99.